The van der Waals surface area contributed by atoms with E-state index in [9.17, 15) is 0 Å². The van der Waals surface area contributed by atoms with Gasteiger partial charge in [0.2, 0.25) is 5.78 Å². The van der Waals surface area contributed by atoms with Crippen molar-refractivity contribution in [1.82, 2.24) is 24.3 Å². The molecule has 0 unspecified atom stereocenters. The molecule has 3 aromatic heterocycles. The Kier molecular flexibility index (Phi) is 3.09. The zero-order valence-corrected chi connectivity index (χ0v) is 13.2. The van der Waals surface area contributed by atoms with Crippen LogP contribution in [0.4, 0.5) is 0 Å². The standard InChI is InChI=1S/C18H13N5O2/c1-5-20-18-22-16(12-2-3-14-15(10-12)25-9-8-24-14)17(23(18)7-1)13-4-6-19-11-21-13/h1-7,10-11H,8-9H2. The number of ether oxygens (including phenoxy) is 2. The number of nitrogens with zero attached hydrogens (tertiary/aromatic N) is 5. The monoisotopic (exact) mass is 331 g/mol. The van der Waals surface area contributed by atoms with Crippen molar-refractivity contribution in [2.24, 2.45) is 0 Å². The summed E-state index contributed by atoms with van der Waals surface area (Å²) in [5, 5.41) is 0. The average Bonchev–Trinajstić information content (AvgIpc) is 3.08. The molecular formula is C18H13N5O2. The lowest BCUT2D eigenvalue weighted by atomic mass is 10.1. The van der Waals surface area contributed by atoms with Crippen LogP contribution in [0.1, 0.15) is 0 Å². The van der Waals surface area contributed by atoms with Gasteiger partial charge in [-0.15, -0.1) is 0 Å². The van der Waals surface area contributed by atoms with Gasteiger partial charge in [-0.3, -0.25) is 4.40 Å². The lowest BCUT2D eigenvalue weighted by Gasteiger charge is -2.18. The Labute approximate surface area is 142 Å². The van der Waals surface area contributed by atoms with Crippen LogP contribution in [0.15, 0.2) is 55.2 Å². The van der Waals surface area contributed by atoms with Crippen molar-refractivity contribution in [2.75, 3.05) is 13.2 Å². The first-order chi connectivity index (χ1) is 12.4. The van der Waals surface area contributed by atoms with Gasteiger partial charge in [-0.25, -0.2) is 19.9 Å². The van der Waals surface area contributed by atoms with E-state index < -0.39 is 0 Å². The Morgan fingerprint density at radius 1 is 0.960 bits per heavy atom. The van der Waals surface area contributed by atoms with Crippen LogP contribution in [0, 0.1) is 0 Å². The van der Waals surface area contributed by atoms with Gasteiger partial charge in [-0.05, 0) is 30.3 Å². The maximum absolute atomic E-state index is 5.70. The molecule has 0 bridgehead atoms. The van der Waals surface area contributed by atoms with E-state index in [1.54, 1.807) is 12.4 Å². The third kappa shape index (κ3) is 2.28. The van der Waals surface area contributed by atoms with Crippen molar-refractivity contribution in [3.8, 4) is 34.1 Å². The quantitative estimate of drug-likeness (QED) is 0.562. The minimum atomic E-state index is 0.544. The van der Waals surface area contributed by atoms with Gasteiger partial charge in [-0.2, -0.15) is 0 Å². The molecule has 5 rings (SSSR count). The highest BCUT2D eigenvalue weighted by molar-refractivity contribution is 5.80. The fourth-order valence-electron chi connectivity index (χ4n) is 2.95. The molecule has 1 aliphatic rings. The van der Waals surface area contributed by atoms with E-state index >= 15 is 0 Å². The molecule has 0 atom stereocenters. The molecule has 4 aromatic rings. The zero-order valence-electron chi connectivity index (χ0n) is 13.2. The number of benzene rings is 1. The Hall–Kier alpha value is -3.48. The first-order valence-corrected chi connectivity index (χ1v) is 7.89. The Morgan fingerprint density at radius 2 is 1.88 bits per heavy atom. The molecule has 122 valence electrons. The van der Waals surface area contributed by atoms with E-state index in [0.29, 0.717) is 19.0 Å². The summed E-state index contributed by atoms with van der Waals surface area (Å²) in [4.78, 5) is 17.4. The van der Waals surface area contributed by atoms with Crippen molar-refractivity contribution in [1.29, 1.82) is 0 Å². The van der Waals surface area contributed by atoms with Crippen molar-refractivity contribution < 1.29 is 9.47 Å². The normalized spacial score (nSPS) is 13.1. The van der Waals surface area contributed by atoms with Gasteiger partial charge >= 0.3 is 0 Å². The average molecular weight is 331 g/mol. The van der Waals surface area contributed by atoms with E-state index in [1.807, 2.05) is 40.9 Å². The minimum absolute atomic E-state index is 0.544. The highest BCUT2D eigenvalue weighted by atomic mass is 16.6. The largest absolute Gasteiger partial charge is 0.486 e. The molecule has 0 N–H and O–H groups in total. The molecule has 4 heterocycles. The predicted octanol–water partition coefficient (Wildman–Crippen LogP) is 2.62. The molecule has 0 fully saturated rings. The van der Waals surface area contributed by atoms with Crippen LogP contribution in [-0.4, -0.2) is 37.6 Å². The second-order valence-corrected chi connectivity index (χ2v) is 5.55. The van der Waals surface area contributed by atoms with Crippen LogP contribution >= 0.6 is 0 Å². The molecular weight excluding hydrogens is 318 g/mol. The van der Waals surface area contributed by atoms with Crippen LogP contribution in [0.25, 0.3) is 28.4 Å². The molecule has 0 aliphatic carbocycles. The van der Waals surface area contributed by atoms with Gasteiger partial charge in [0.25, 0.3) is 0 Å². The van der Waals surface area contributed by atoms with E-state index in [0.717, 1.165) is 34.1 Å². The molecule has 1 aliphatic heterocycles. The van der Waals surface area contributed by atoms with Crippen LogP contribution < -0.4 is 9.47 Å². The van der Waals surface area contributed by atoms with E-state index in [-0.39, 0.29) is 0 Å². The Bertz CT molecular complexity index is 1060. The van der Waals surface area contributed by atoms with Crippen LogP contribution in [-0.2, 0) is 0 Å². The number of rotatable bonds is 2. The molecule has 0 radical (unpaired) electrons. The molecule has 25 heavy (non-hydrogen) atoms. The third-order valence-electron chi connectivity index (χ3n) is 4.04. The summed E-state index contributed by atoms with van der Waals surface area (Å²) in [6.07, 6.45) is 6.89. The van der Waals surface area contributed by atoms with Gasteiger partial charge in [0.1, 0.15) is 30.9 Å². The third-order valence-corrected chi connectivity index (χ3v) is 4.04. The molecule has 0 saturated heterocycles. The SMILES string of the molecule is c1cnc2nc(-c3ccc4c(c3)OCCO4)c(-c3ccncn3)n2c1. The fourth-order valence-corrected chi connectivity index (χ4v) is 2.95. The molecule has 0 amide bonds. The lowest BCUT2D eigenvalue weighted by molar-refractivity contribution is 0.171. The first-order valence-electron chi connectivity index (χ1n) is 7.89. The summed E-state index contributed by atoms with van der Waals surface area (Å²) < 4.78 is 13.2. The molecule has 0 spiro atoms. The van der Waals surface area contributed by atoms with E-state index in [1.165, 1.54) is 6.33 Å². The summed E-state index contributed by atoms with van der Waals surface area (Å²) in [6.45, 7) is 1.11. The smallest absolute Gasteiger partial charge is 0.234 e. The van der Waals surface area contributed by atoms with Crippen molar-refractivity contribution >= 4 is 5.78 Å². The molecule has 7 nitrogen and oxygen atoms in total. The number of hydrogen-bond donors (Lipinski definition) is 0. The molecule has 1 aromatic carbocycles. The van der Waals surface area contributed by atoms with E-state index in [2.05, 4.69) is 15.0 Å². The van der Waals surface area contributed by atoms with Gasteiger partial charge in [0.15, 0.2) is 11.5 Å². The lowest BCUT2D eigenvalue weighted by Crippen LogP contribution is -2.15. The second kappa shape index (κ2) is 5.55. The van der Waals surface area contributed by atoms with E-state index in [4.69, 9.17) is 14.5 Å². The minimum Gasteiger partial charge on any atom is -0.486 e. The summed E-state index contributed by atoms with van der Waals surface area (Å²) in [5.74, 6) is 2.09. The summed E-state index contributed by atoms with van der Waals surface area (Å²) >= 11 is 0. The maximum atomic E-state index is 5.70. The summed E-state index contributed by atoms with van der Waals surface area (Å²) in [5.41, 5.74) is 3.35. The number of aromatic nitrogens is 5. The second-order valence-electron chi connectivity index (χ2n) is 5.55. The van der Waals surface area contributed by atoms with Gasteiger partial charge in [0, 0.05) is 24.2 Å². The maximum Gasteiger partial charge on any atom is 0.234 e. The molecule has 7 heteroatoms. The van der Waals surface area contributed by atoms with Crippen molar-refractivity contribution in [2.45, 2.75) is 0 Å². The number of hydrogen-bond acceptors (Lipinski definition) is 6. The van der Waals surface area contributed by atoms with Crippen molar-refractivity contribution in [3.05, 3.63) is 55.2 Å². The Morgan fingerprint density at radius 3 is 2.76 bits per heavy atom. The predicted molar refractivity (Wildman–Crippen MR) is 90.4 cm³/mol. The fraction of sp³-hybridized carbons (Fsp3) is 0.111. The van der Waals surface area contributed by atoms with Gasteiger partial charge in [-0.1, -0.05) is 0 Å². The Balaban J connectivity index is 1.76. The summed E-state index contributed by atoms with van der Waals surface area (Å²) in [6, 6.07) is 9.55. The van der Waals surface area contributed by atoms with Crippen LogP contribution in [0.5, 0.6) is 11.5 Å². The van der Waals surface area contributed by atoms with Crippen molar-refractivity contribution in [3.63, 3.8) is 0 Å². The molecule has 0 saturated carbocycles. The van der Waals surface area contributed by atoms with Gasteiger partial charge in [0.05, 0.1) is 5.69 Å². The highest BCUT2D eigenvalue weighted by Crippen LogP contribution is 2.37. The van der Waals surface area contributed by atoms with Crippen LogP contribution in [0.3, 0.4) is 0 Å². The highest BCUT2D eigenvalue weighted by Gasteiger charge is 2.20. The van der Waals surface area contributed by atoms with Gasteiger partial charge < -0.3 is 9.47 Å². The number of imidazole rings is 1. The zero-order chi connectivity index (χ0) is 16.6. The number of fused-ring (bicyclic) bond motifs is 2. The van der Waals surface area contributed by atoms with Crippen LogP contribution in [0.2, 0.25) is 0 Å². The topological polar surface area (TPSA) is 74.4 Å². The first kappa shape index (κ1) is 13.9. The summed E-state index contributed by atoms with van der Waals surface area (Å²) in [7, 11) is 0.